The quantitative estimate of drug-likeness (QED) is 0.104. The van der Waals surface area contributed by atoms with Crippen LogP contribution in [0, 0.1) is 0 Å². The number of carbonyl (C=O) groups is 2. The highest BCUT2D eigenvalue weighted by atomic mass is 16.5. The van der Waals surface area contributed by atoms with Crippen molar-refractivity contribution in [2.24, 2.45) is 4.99 Å². The van der Waals surface area contributed by atoms with Gasteiger partial charge in [0.1, 0.15) is 17.5 Å². The first-order chi connectivity index (χ1) is 19.0. The molecule has 2 amide bonds. The van der Waals surface area contributed by atoms with Crippen LogP contribution in [0.4, 0.5) is 4.79 Å². The Bertz CT molecular complexity index is 1260. The highest BCUT2D eigenvalue weighted by Gasteiger charge is 2.22. The van der Waals surface area contributed by atoms with E-state index in [0.717, 1.165) is 47.8 Å². The molecule has 0 aliphatic heterocycles. The summed E-state index contributed by atoms with van der Waals surface area (Å²) in [6, 6.07) is 15.8. The van der Waals surface area contributed by atoms with Gasteiger partial charge in [-0.1, -0.05) is 49.8 Å². The number of fused-ring (bicyclic) bond motifs is 1. The molecule has 0 saturated carbocycles. The molecule has 0 fully saturated rings. The lowest BCUT2D eigenvalue weighted by atomic mass is 10.1. The third-order valence-corrected chi connectivity index (χ3v) is 5.99. The standard InChI is InChI=1S/C31H37N3O5/c1-4-6-8-12-18-32-31(36)34-26(30(35)39-19-7-5-2)17-20-38-29-22-27(23-13-10-9-11-14-23)33-28-21-24(37-3)15-16-25(28)29/h4,9-11,13-16,18,21-22,26H,1,5-8,12,17,19-20H2,2-3H3,(H,34,36)/b32-18+/t26-/m0/s1. The monoisotopic (exact) mass is 531 g/mol. The number of aliphatic imine (C=N–C) groups is 1. The van der Waals surface area contributed by atoms with Crippen LogP contribution in [0.2, 0.25) is 0 Å². The van der Waals surface area contributed by atoms with E-state index in [-0.39, 0.29) is 13.0 Å². The van der Waals surface area contributed by atoms with Crippen LogP contribution in [0.3, 0.4) is 0 Å². The van der Waals surface area contributed by atoms with Gasteiger partial charge in [0.15, 0.2) is 0 Å². The maximum absolute atomic E-state index is 12.8. The number of esters is 1. The molecule has 0 bridgehead atoms. The van der Waals surface area contributed by atoms with Gasteiger partial charge in [-0.05, 0) is 37.8 Å². The van der Waals surface area contributed by atoms with Gasteiger partial charge in [0, 0.05) is 35.7 Å². The number of ether oxygens (including phenoxy) is 3. The molecule has 8 heteroatoms. The second kappa shape index (κ2) is 15.9. The number of carbonyl (C=O) groups excluding carboxylic acids is 2. The number of nitrogens with one attached hydrogen (secondary N) is 1. The Balaban J connectivity index is 1.75. The summed E-state index contributed by atoms with van der Waals surface area (Å²) < 4.78 is 16.9. The molecule has 206 valence electrons. The van der Waals surface area contributed by atoms with Crippen LogP contribution in [0.1, 0.15) is 45.4 Å². The SMILES string of the molecule is C=CCCC/C=N/C(=O)N[C@@H](CCOc1cc(-c2ccccc2)nc2cc(OC)ccc12)C(=O)OCCCC. The fourth-order valence-electron chi connectivity index (χ4n) is 3.82. The van der Waals surface area contributed by atoms with Crippen LogP contribution in [0.25, 0.3) is 22.2 Å². The number of rotatable bonds is 15. The second-order valence-corrected chi connectivity index (χ2v) is 8.95. The topological polar surface area (TPSA) is 99.1 Å². The molecule has 1 atom stereocenters. The number of hydrogen-bond donors (Lipinski definition) is 1. The van der Waals surface area contributed by atoms with Gasteiger partial charge in [0.25, 0.3) is 0 Å². The number of urea groups is 1. The lowest BCUT2D eigenvalue weighted by Gasteiger charge is -2.18. The van der Waals surface area contributed by atoms with E-state index in [1.807, 2.05) is 67.6 Å². The van der Waals surface area contributed by atoms with E-state index in [2.05, 4.69) is 16.9 Å². The minimum atomic E-state index is -0.888. The van der Waals surface area contributed by atoms with Gasteiger partial charge in [-0.15, -0.1) is 6.58 Å². The number of allylic oxidation sites excluding steroid dienone is 1. The fraction of sp³-hybridized carbons (Fsp3) is 0.355. The van der Waals surface area contributed by atoms with Crippen LogP contribution in [0.5, 0.6) is 11.5 Å². The first-order valence-corrected chi connectivity index (χ1v) is 13.3. The lowest BCUT2D eigenvalue weighted by molar-refractivity contribution is -0.146. The van der Waals surface area contributed by atoms with Crippen molar-refractivity contribution in [3.05, 3.63) is 67.3 Å². The summed E-state index contributed by atoms with van der Waals surface area (Å²) >= 11 is 0. The van der Waals surface area contributed by atoms with Crippen molar-refractivity contribution in [3.8, 4) is 22.8 Å². The largest absolute Gasteiger partial charge is 0.497 e. The fourth-order valence-corrected chi connectivity index (χ4v) is 3.82. The van der Waals surface area contributed by atoms with Gasteiger partial charge < -0.3 is 19.5 Å². The summed E-state index contributed by atoms with van der Waals surface area (Å²) in [6.07, 6.45) is 7.58. The third kappa shape index (κ3) is 9.25. The molecule has 1 heterocycles. The van der Waals surface area contributed by atoms with E-state index < -0.39 is 18.0 Å². The molecular formula is C31H37N3O5. The third-order valence-electron chi connectivity index (χ3n) is 5.99. The molecule has 0 aliphatic carbocycles. The molecule has 1 aromatic heterocycles. The smallest absolute Gasteiger partial charge is 0.341 e. The number of aromatic nitrogens is 1. The van der Waals surface area contributed by atoms with Crippen molar-refractivity contribution in [2.75, 3.05) is 20.3 Å². The van der Waals surface area contributed by atoms with E-state index in [1.54, 1.807) is 13.3 Å². The summed E-state index contributed by atoms with van der Waals surface area (Å²) in [6.45, 7) is 6.16. The molecular weight excluding hydrogens is 494 g/mol. The number of pyridine rings is 1. The first-order valence-electron chi connectivity index (χ1n) is 13.3. The van der Waals surface area contributed by atoms with Crippen LogP contribution in [-0.2, 0) is 9.53 Å². The average Bonchev–Trinajstić information content (AvgIpc) is 2.96. The summed E-state index contributed by atoms with van der Waals surface area (Å²) in [5, 5.41) is 3.48. The van der Waals surface area contributed by atoms with E-state index in [4.69, 9.17) is 19.2 Å². The zero-order valence-electron chi connectivity index (χ0n) is 22.7. The second-order valence-electron chi connectivity index (χ2n) is 8.95. The molecule has 39 heavy (non-hydrogen) atoms. The van der Waals surface area contributed by atoms with E-state index in [9.17, 15) is 9.59 Å². The Labute approximate surface area is 230 Å². The van der Waals surface area contributed by atoms with Gasteiger partial charge in [-0.25, -0.2) is 19.6 Å². The summed E-state index contributed by atoms with van der Waals surface area (Å²) in [5.74, 6) is 0.802. The van der Waals surface area contributed by atoms with Crippen molar-refractivity contribution in [1.29, 1.82) is 0 Å². The van der Waals surface area contributed by atoms with Crippen LogP contribution < -0.4 is 14.8 Å². The molecule has 0 spiro atoms. The average molecular weight is 532 g/mol. The van der Waals surface area contributed by atoms with Crippen LogP contribution >= 0.6 is 0 Å². The predicted molar refractivity (Wildman–Crippen MR) is 155 cm³/mol. The normalized spacial score (nSPS) is 11.7. The Morgan fingerprint density at radius 2 is 1.90 bits per heavy atom. The summed E-state index contributed by atoms with van der Waals surface area (Å²) in [4.78, 5) is 33.9. The first kappa shape index (κ1) is 29.4. The number of amides is 2. The molecule has 0 unspecified atom stereocenters. The van der Waals surface area contributed by atoms with Crippen molar-refractivity contribution in [2.45, 2.75) is 51.5 Å². The minimum Gasteiger partial charge on any atom is -0.497 e. The highest BCUT2D eigenvalue weighted by Crippen LogP contribution is 2.32. The molecule has 1 N–H and O–H groups in total. The zero-order chi connectivity index (χ0) is 27.9. The molecule has 0 radical (unpaired) electrons. The van der Waals surface area contributed by atoms with Gasteiger partial charge in [-0.2, -0.15) is 0 Å². The Morgan fingerprint density at radius 3 is 2.64 bits per heavy atom. The number of methoxy groups -OCH3 is 1. The van der Waals surface area contributed by atoms with Gasteiger partial charge in [0.2, 0.25) is 0 Å². The van der Waals surface area contributed by atoms with Gasteiger partial charge in [0.05, 0.1) is 31.5 Å². The number of unbranched alkanes of at least 4 members (excludes halogenated alkanes) is 3. The molecule has 0 aliphatic rings. The number of benzene rings is 2. The van der Waals surface area contributed by atoms with Crippen molar-refractivity contribution >= 4 is 29.1 Å². The molecule has 8 nitrogen and oxygen atoms in total. The highest BCUT2D eigenvalue weighted by molar-refractivity contribution is 5.89. The van der Waals surface area contributed by atoms with Gasteiger partial charge in [-0.3, -0.25) is 0 Å². The summed E-state index contributed by atoms with van der Waals surface area (Å²) in [5.41, 5.74) is 2.42. The van der Waals surface area contributed by atoms with E-state index in [1.165, 1.54) is 0 Å². The summed E-state index contributed by atoms with van der Waals surface area (Å²) in [7, 11) is 1.61. The maximum Gasteiger partial charge on any atom is 0.341 e. The Kier molecular flexibility index (Phi) is 12.0. The van der Waals surface area contributed by atoms with Crippen molar-refractivity contribution in [3.63, 3.8) is 0 Å². The number of nitrogens with zero attached hydrogens (tertiary/aromatic N) is 2. The van der Waals surface area contributed by atoms with Crippen molar-refractivity contribution < 1.29 is 23.8 Å². The molecule has 3 aromatic rings. The van der Waals surface area contributed by atoms with Crippen LogP contribution in [-0.4, -0.2) is 49.6 Å². The van der Waals surface area contributed by atoms with E-state index >= 15 is 0 Å². The van der Waals surface area contributed by atoms with E-state index in [0.29, 0.717) is 24.5 Å². The lowest BCUT2D eigenvalue weighted by Crippen LogP contribution is -2.41. The van der Waals surface area contributed by atoms with Crippen molar-refractivity contribution in [1.82, 2.24) is 10.3 Å². The predicted octanol–water partition coefficient (Wildman–Crippen LogP) is 6.53. The minimum absolute atomic E-state index is 0.163. The Hall–Kier alpha value is -4.20. The molecule has 0 saturated heterocycles. The number of hydrogen-bond acceptors (Lipinski definition) is 6. The maximum atomic E-state index is 12.8. The zero-order valence-corrected chi connectivity index (χ0v) is 22.7. The molecule has 3 rings (SSSR count). The van der Waals surface area contributed by atoms with Gasteiger partial charge >= 0.3 is 12.0 Å². The van der Waals surface area contributed by atoms with Crippen LogP contribution in [0.15, 0.2) is 72.2 Å². The molecule has 2 aromatic carbocycles. The Morgan fingerprint density at radius 1 is 1.08 bits per heavy atom.